The molecule has 0 aliphatic rings. The first-order valence-corrected chi connectivity index (χ1v) is 8.95. The molecule has 0 aliphatic heterocycles. The second-order valence-electron chi connectivity index (χ2n) is 5.36. The summed E-state index contributed by atoms with van der Waals surface area (Å²) in [5.41, 5.74) is 0.591. The lowest BCUT2D eigenvalue weighted by atomic mass is 10.3. The minimum absolute atomic E-state index is 0.000494. The van der Waals surface area contributed by atoms with E-state index in [9.17, 15) is 9.59 Å². The number of rotatable bonds is 8. The molecule has 0 atom stereocenters. The predicted octanol–water partition coefficient (Wildman–Crippen LogP) is 3.65. The Morgan fingerprint density at radius 2 is 2.04 bits per heavy atom. The number of ether oxygens (including phenoxy) is 1. The van der Waals surface area contributed by atoms with E-state index in [2.05, 4.69) is 5.32 Å². The Hall–Kier alpha value is -2.60. The van der Waals surface area contributed by atoms with Gasteiger partial charge in [0.05, 0.1) is 12.8 Å². The summed E-state index contributed by atoms with van der Waals surface area (Å²) in [7, 11) is 1.55. The van der Waals surface area contributed by atoms with Crippen LogP contribution in [0.5, 0.6) is 5.75 Å². The van der Waals surface area contributed by atoms with Crippen molar-refractivity contribution in [2.45, 2.75) is 13.3 Å². The lowest BCUT2D eigenvalue weighted by Gasteiger charge is -2.20. The number of methoxy groups -OCH3 is 1. The van der Waals surface area contributed by atoms with Crippen molar-refractivity contribution >= 4 is 34.9 Å². The Morgan fingerprint density at radius 3 is 2.72 bits per heavy atom. The first kappa shape index (κ1) is 18.7. The SMILES string of the molecule is CCCN(CC(=O)Nc1ccccc1OC)C(=O)C=Cc1cccs1. The first-order valence-electron chi connectivity index (χ1n) is 8.07. The standard InChI is InChI=1S/C19H22N2O3S/c1-3-12-21(19(23)11-10-15-7-6-13-25-15)14-18(22)20-16-8-4-5-9-17(16)24-2/h4-11,13H,3,12,14H2,1-2H3,(H,20,22). The van der Waals surface area contributed by atoms with Crippen molar-refractivity contribution in [3.8, 4) is 5.75 Å². The minimum atomic E-state index is -0.254. The van der Waals surface area contributed by atoms with Crippen molar-refractivity contribution in [2.75, 3.05) is 25.5 Å². The van der Waals surface area contributed by atoms with Crippen molar-refractivity contribution in [3.05, 3.63) is 52.7 Å². The molecule has 2 aromatic rings. The molecule has 5 nitrogen and oxygen atoms in total. The lowest BCUT2D eigenvalue weighted by Crippen LogP contribution is -2.37. The fourth-order valence-corrected chi connectivity index (χ4v) is 2.91. The van der Waals surface area contributed by atoms with Gasteiger partial charge in [-0.15, -0.1) is 11.3 Å². The number of carbonyl (C=O) groups is 2. The number of carbonyl (C=O) groups excluding carboxylic acids is 2. The van der Waals surface area contributed by atoms with Crippen molar-refractivity contribution in [3.63, 3.8) is 0 Å². The van der Waals surface area contributed by atoms with Gasteiger partial charge in [-0.3, -0.25) is 9.59 Å². The summed E-state index contributed by atoms with van der Waals surface area (Å²) in [6.07, 6.45) is 4.06. The fourth-order valence-electron chi connectivity index (χ4n) is 2.29. The van der Waals surface area contributed by atoms with Crippen LogP contribution in [0, 0.1) is 0 Å². The zero-order valence-electron chi connectivity index (χ0n) is 14.4. The number of thiophene rings is 1. The van der Waals surface area contributed by atoms with Gasteiger partial charge in [-0.25, -0.2) is 0 Å². The molecule has 2 amide bonds. The maximum atomic E-state index is 12.4. The molecule has 2 rings (SSSR count). The zero-order chi connectivity index (χ0) is 18.1. The van der Waals surface area contributed by atoms with E-state index in [0.29, 0.717) is 18.0 Å². The zero-order valence-corrected chi connectivity index (χ0v) is 15.2. The summed E-state index contributed by atoms with van der Waals surface area (Å²) in [6, 6.07) is 11.0. The van der Waals surface area contributed by atoms with Crippen LogP contribution in [0.4, 0.5) is 5.69 Å². The van der Waals surface area contributed by atoms with E-state index in [1.807, 2.05) is 36.6 Å². The van der Waals surface area contributed by atoms with Crippen LogP contribution < -0.4 is 10.1 Å². The molecule has 6 heteroatoms. The third-order valence-electron chi connectivity index (χ3n) is 3.45. The molecule has 0 spiro atoms. The maximum absolute atomic E-state index is 12.4. The molecule has 1 aromatic heterocycles. The molecule has 1 heterocycles. The number of hydrogen-bond donors (Lipinski definition) is 1. The summed E-state index contributed by atoms with van der Waals surface area (Å²) < 4.78 is 5.22. The van der Waals surface area contributed by atoms with Gasteiger partial charge >= 0.3 is 0 Å². The molecule has 1 aromatic carbocycles. The Kier molecular flexibility index (Phi) is 7.22. The van der Waals surface area contributed by atoms with Crippen LogP contribution in [0.1, 0.15) is 18.2 Å². The molecule has 0 saturated heterocycles. The average molecular weight is 358 g/mol. The fraction of sp³-hybridized carbons (Fsp3) is 0.263. The second-order valence-corrected chi connectivity index (χ2v) is 6.34. The Labute approximate surface area is 151 Å². The average Bonchev–Trinajstić information content (AvgIpc) is 3.13. The number of nitrogens with one attached hydrogen (secondary N) is 1. The van der Waals surface area contributed by atoms with Gasteiger partial charge in [0.2, 0.25) is 11.8 Å². The molecule has 25 heavy (non-hydrogen) atoms. The molecular weight excluding hydrogens is 336 g/mol. The molecule has 0 fully saturated rings. The second kappa shape index (κ2) is 9.64. The van der Waals surface area contributed by atoms with Crippen molar-refractivity contribution < 1.29 is 14.3 Å². The van der Waals surface area contributed by atoms with Crippen LogP contribution in [0.3, 0.4) is 0 Å². The lowest BCUT2D eigenvalue weighted by molar-refractivity contribution is -0.130. The normalized spacial score (nSPS) is 10.6. The van der Waals surface area contributed by atoms with E-state index >= 15 is 0 Å². The number of amides is 2. The van der Waals surface area contributed by atoms with Crippen molar-refractivity contribution in [2.24, 2.45) is 0 Å². The van der Waals surface area contributed by atoms with E-state index in [1.165, 1.54) is 11.0 Å². The van der Waals surface area contributed by atoms with E-state index in [-0.39, 0.29) is 18.4 Å². The highest BCUT2D eigenvalue weighted by Crippen LogP contribution is 2.22. The van der Waals surface area contributed by atoms with Crippen LogP contribution in [0.15, 0.2) is 47.9 Å². The van der Waals surface area contributed by atoms with Gasteiger partial charge in [-0.05, 0) is 36.1 Å². The highest BCUT2D eigenvalue weighted by atomic mass is 32.1. The van der Waals surface area contributed by atoms with Crippen LogP contribution in [0.2, 0.25) is 0 Å². The van der Waals surface area contributed by atoms with E-state index < -0.39 is 0 Å². The molecule has 0 bridgehead atoms. The maximum Gasteiger partial charge on any atom is 0.247 e. The van der Waals surface area contributed by atoms with E-state index in [0.717, 1.165) is 11.3 Å². The number of nitrogens with zero attached hydrogens (tertiary/aromatic N) is 1. The van der Waals surface area contributed by atoms with Crippen LogP contribution in [-0.4, -0.2) is 36.9 Å². The van der Waals surface area contributed by atoms with Crippen molar-refractivity contribution in [1.29, 1.82) is 0 Å². The molecule has 0 unspecified atom stereocenters. The number of anilines is 1. The molecule has 0 saturated carbocycles. The van der Waals surface area contributed by atoms with Gasteiger partial charge in [0.1, 0.15) is 12.3 Å². The van der Waals surface area contributed by atoms with Gasteiger partial charge in [-0.2, -0.15) is 0 Å². The highest BCUT2D eigenvalue weighted by molar-refractivity contribution is 7.10. The Bertz CT molecular complexity index is 726. The Balaban J connectivity index is 1.99. The quantitative estimate of drug-likeness (QED) is 0.733. The largest absolute Gasteiger partial charge is 0.495 e. The predicted molar refractivity (Wildman–Crippen MR) is 102 cm³/mol. The molecular formula is C19H22N2O3S. The van der Waals surface area contributed by atoms with Gasteiger partial charge in [0, 0.05) is 17.5 Å². The molecule has 1 N–H and O–H groups in total. The first-order chi connectivity index (χ1) is 12.1. The van der Waals surface area contributed by atoms with E-state index in [4.69, 9.17) is 4.74 Å². The molecule has 132 valence electrons. The summed E-state index contributed by atoms with van der Waals surface area (Å²) in [4.78, 5) is 27.2. The van der Waals surface area contributed by atoms with Gasteiger partial charge in [-0.1, -0.05) is 25.1 Å². The third kappa shape index (κ3) is 5.76. The number of benzene rings is 1. The highest BCUT2D eigenvalue weighted by Gasteiger charge is 2.15. The van der Waals surface area contributed by atoms with Crippen LogP contribution >= 0.6 is 11.3 Å². The van der Waals surface area contributed by atoms with Gasteiger partial charge < -0.3 is 15.0 Å². The summed E-state index contributed by atoms with van der Waals surface area (Å²) >= 11 is 1.56. The van der Waals surface area contributed by atoms with Crippen LogP contribution in [0.25, 0.3) is 6.08 Å². The summed E-state index contributed by atoms with van der Waals surface area (Å²) in [5.74, 6) is 0.156. The Morgan fingerprint density at radius 1 is 1.24 bits per heavy atom. The number of hydrogen-bond acceptors (Lipinski definition) is 4. The van der Waals surface area contributed by atoms with Gasteiger partial charge in [0.25, 0.3) is 0 Å². The smallest absolute Gasteiger partial charge is 0.247 e. The van der Waals surface area contributed by atoms with Gasteiger partial charge in [0.15, 0.2) is 0 Å². The van der Waals surface area contributed by atoms with E-state index in [1.54, 1.807) is 36.7 Å². The topological polar surface area (TPSA) is 58.6 Å². The molecule has 0 radical (unpaired) electrons. The molecule has 0 aliphatic carbocycles. The number of para-hydroxylation sites is 2. The third-order valence-corrected chi connectivity index (χ3v) is 4.29. The van der Waals surface area contributed by atoms with Crippen molar-refractivity contribution in [1.82, 2.24) is 4.90 Å². The van der Waals surface area contributed by atoms with Crippen LogP contribution in [-0.2, 0) is 9.59 Å². The minimum Gasteiger partial charge on any atom is -0.495 e. The summed E-state index contributed by atoms with van der Waals surface area (Å²) in [6.45, 7) is 2.49. The summed E-state index contributed by atoms with van der Waals surface area (Å²) in [5, 5.41) is 4.75. The monoisotopic (exact) mass is 358 g/mol.